The maximum Gasteiger partial charge on any atom is 0.247 e. The second-order valence-corrected chi connectivity index (χ2v) is 14.6. The van der Waals surface area contributed by atoms with Crippen LogP contribution in [0.3, 0.4) is 0 Å². The minimum atomic E-state index is -0.948. The maximum atomic E-state index is 14.3. The van der Waals surface area contributed by atoms with E-state index in [-0.39, 0.29) is 25.0 Å². The Labute approximate surface area is 243 Å². The van der Waals surface area contributed by atoms with Crippen LogP contribution < -0.4 is 10.1 Å². The third-order valence-corrected chi connectivity index (χ3v) is 12.3. The van der Waals surface area contributed by atoms with Crippen LogP contribution in [0.2, 0.25) is 0 Å². The van der Waals surface area contributed by atoms with Gasteiger partial charge in [0.1, 0.15) is 18.0 Å². The van der Waals surface area contributed by atoms with Crippen molar-refractivity contribution in [3.63, 3.8) is 0 Å². The van der Waals surface area contributed by atoms with Crippen molar-refractivity contribution in [3.05, 3.63) is 41.5 Å². The lowest BCUT2D eigenvalue weighted by Gasteiger charge is -2.61. The normalized spacial score (nSPS) is 39.2. The zero-order valence-electron chi connectivity index (χ0n) is 24.5. The van der Waals surface area contributed by atoms with Gasteiger partial charge >= 0.3 is 0 Å². The second kappa shape index (κ2) is 10.4. The number of carbonyl (C=O) groups is 2. The van der Waals surface area contributed by atoms with Crippen LogP contribution in [0.5, 0.6) is 5.75 Å². The average Bonchev–Trinajstić information content (AvgIpc) is 3.70. The Hall–Kier alpha value is -2.38. The Bertz CT molecular complexity index is 1230. The van der Waals surface area contributed by atoms with Gasteiger partial charge in [0.25, 0.3) is 0 Å². The van der Waals surface area contributed by atoms with E-state index in [1.165, 1.54) is 32.1 Å². The van der Waals surface area contributed by atoms with E-state index in [9.17, 15) is 19.8 Å². The first-order valence-corrected chi connectivity index (χ1v) is 16.1. The minimum absolute atomic E-state index is 0.117. The number of aliphatic hydroxyl groups is 2. The number of para-hydroxylation sites is 1. The Morgan fingerprint density at radius 2 is 1.90 bits per heavy atom. The molecule has 7 heteroatoms. The molecule has 0 saturated heterocycles. The zero-order valence-corrected chi connectivity index (χ0v) is 24.5. The van der Waals surface area contributed by atoms with Gasteiger partial charge in [0, 0.05) is 30.6 Å². The van der Waals surface area contributed by atoms with Crippen LogP contribution in [0.15, 0.2) is 35.9 Å². The van der Waals surface area contributed by atoms with E-state index < -0.39 is 24.2 Å². The van der Waals surface area contributed by atoms with Crippen molar-refractivity contribution >= 4 is 11.8 Å². The summed E-state index contributed by atoms with van der Waals surface area (Å²) in [4.78, 5) is 29.8. The Balaban J connectivity index is 1.23. The Kier molecular flexibility index (Phi) is 6.97. The van der Waals surface area contributed by atoms with E-state index in [2.05, 4.69) is 19.2 Å². The summed E-state index contributed by atoms with van der Waals surface area (Å²) in [6.07, 6.45) is 9.28. The van der Waals surface area contributed by atoms with Crippen molar-refractivity contribution in [1.29, 1.82) is 0 Å². The molecule has 0 spiro atoms. The summed E-state index contributed by atoms with van der Waals surface area (Å²) in [7, 11) is 0. The zero-order chi connectivity index (χ0) is 28.5. The van der Waals surface area contributed by atoms with Gasteiger partial charge in [0.05, 0.1) is 18.6 Å². The smallest absolute Gasteiger partial charge is 0.247 e. The number of amides is 2. The summed E-state index contributed by atoms with van der Waals surface area (Å²) in [6.45, 7) is 5.38. The third-order valence-electron chi connectivity index (χ3n) is 12.3. The SMILES string of the molecule is CC1(C)[C@H]2CC[C@@H](CN(C(=O)CC3CC4CCC3C4)[C@@H]3C=C(C(=O)NCCO)[C@@H]4c5ccccc5O[C@@H]4[C@H]3O)[C@@H]1C2. The fraction of sp³-hybridized carbons (Fsp3) is 0.706. The Morgan fingerprint density at radius 1 is 1.07 bits per heavy atom. The summed E-state index contributed by atoms with van der Waals surface area (Å²) in [6, 6.07) is 7.03. The second-order valence-electron chi connectivity index (χ2n) is 14.6. The van der Waals surface area contributed by atoms with Crippen molar-refractivity contribution < 1.29 is 24.5 Å². The van der Waals surface area contributed by atoms with Gasteiger partial charge in [-0.25, -0.2) is 0 Å². The molecule has 10 atom stereocenters. The first-order valence-electron chi connectivity index (χ1n) is 16.1. The monoisotopic (exact) mass is 562 g/mol. The highest BCUT2D eigenvalue weighted by Gasteiger charge is 2.56. The molecule has 8 rings (SSSR count). The molecule has 5 fully saturated rings. The number of rotatable bonds is 8. The van der Waals surface area contributed by atoms with E-state index in [0.29, 0.717) is 53.4 Å². The van der Waals surface area contributed by atoms with Crippen LogP contribution in [0.25, 0.3) is 0 Å². The predicted octanol–water partition coefficient (Wildman–Crippen LogP) is 4.04. The molecule has 1 aromatic rings. The quantitative estimate of drug-likeness (QED) is 0.444. The number of carbonyl (C=O) groups excluding carboxylic acids is 2. The van der Waals surface area contributed by atoms with Crippen LogP contribution in [0.4, 0.5) is 0 Å². The van der Waals surface area contributed by atoms with Crippen molar-refractivity contribution in [2.45, 2.75) is 89.4 Å². The van der Waals surface area contributed by atoms with Crippen LogP contribution in [0, 0.1) is 40.9 Å². The largest absolute Gasteiger partial charge is 0.486 e. The average molecular weight is 563 g/mol. The molecule has 41 heavy (non-hydrogen) atoms. The van der Waals surface area contributed by atoms with Crippen molar-refractivity contribution in [2.24, 2.45) is 40.9 Å². The van der Waals surface area contributed by atoms with Gasteiger partial charge in [-0.2, -0.15) is 0 Å². The lowest BCUT2D eigenvalue weighted by atomic mass is 9.45. The van der Waals surface area contributed by atoms with Crippen LogP contribution in [0.1, 0.15) is 76.7 Å². The molecular weight excluding hydrogens is 516 g/mol. The lowest BCUT2D eigenvalue weighted by molar-refractivity contribution is -0.147. The molecule has 0 aromatic heterocycles. The molecule has 7 aliphatic rings. The number of nitrogens with one attached hydrogen (secondary N) is 1. The molecule has 2 amide bonds. The van der Waals surface area contributed by atoms with E-state index in [0.717, 1.165) is 30.2 Å². The number of nitrogens with zero attached hydrogens (tertiary/aromatic N) is 1. The number of benzene rings is 1. The van der Waals surface area contributed by atoms with E-state index in [4.69, 9.17) is 4.74 Å². The van der Waals surface area contributed by atoms with Crippen molar-refractivity contribution in [2.75, 3.05) is 19.7 Å². The van der Waals surface area contributed by atoms with Gasteiger partial charge in [0.2, 0.25) is 11.8 Å². The molecule has 3 N–H and O–H groups in total. The Morgan fingerprint density at radius 3 is 2.61 bits per heavy atom. The first kappa shape index (κ1) is 27.5. The first-order chi connectivity index (χ1) is 19.8. The van der Waals surface area contributed by atoms with Gasteiger partial charge < -0.3 is 25.2 Å². The van der Waals surface area contributed by atoms with E-state index in [1.54, 1.807) is 0 Å². The summed E-state index contributed by atoms with van der Waals surface area (Å²) >= 11 is 0. The third kappa shape index (κ3) is 4.53. The van der Waals surface area contributed by atoms with Gasteiger partial charge in [-0.05, 0) is 91.6 Å². The highest BCUT2D eigenvalue weighted by molar-refractivity contribution is 5.96. The van der Waals surface area contributed by atoms with Gasteiger partial charge in [-0.1, -0.05) is 38.5 Å². The number of aliphatic hydroxyl groups excluding tert-OH is 2. The number of hydrogen-bond acceptors (Lipinski definition) is 5. The number of hydrogen-bond donors (Lipinski definition) is 3. The van der Waals surface area contributed by atoms with Gasteiger partial charge in [-0.3, -0.25) is 9.59 Å². The summed E-state index contributed by atoms with van der Waals surface area (Å²) in [5.41, 5.74) is 1.70. The summed E-state index contributed by atoms with van der Waals surface area (Å²) < 4.78 is 6.34. The molecule has 1 aliphatic heterocycles. The van der Waals surface area contributed by atoms with Gasteiger partial charge in [-0.15, -0.1) is 0 Å². The van der Waals surface area contributed by atoms with Crippen LogP contribution >= 0.6 is 0 Å². The molecule has 1 aromatic carbocycles. The van der Waals surface area contributed by atoms with Crippen LogP contribution in [-0.2, 0) is 9.59 Å². The van der Waals surface area contributed by atoms with Crippen LogP contribution in [-0.4, -0.2) is 64.9 Å². The summed E-state index contributed by atoms with van der Waals surface area (Å²) in [5.74, 6) is 3.70. The standard InChI is InChI=1S/C34H46N2O5/c1-34(2)23-10-9-21(26(34)16-23)18-36(29(38)15-22-14-19-7-8-20(22)13-19)27-17-25(33(40)35-11-12-37)30-24-5-3-4-6-28(24)41-32(30)31(27)39/h3-6,17,19-23,26-27,30-32,37,39H,7-16,18H2,1-2H3,(H,35,40)/t19?,20?,21-,22?,23-,26-,27+,30-,31-,32-/m0/s1. The molecular formula is C34H46N2O5. The molecule has 6 aliphatic carbocycles. The molecule has 4 bridgehead atoms. The molecule has 1 heterocycles. The summed E-state index contributed by atoms with van der Waals surface area (Å²) in [5, 5.41) is 24.2. The minimum Gasteiger partial charge on any atom is -0.486 e. The fourth-order valence-corrected chi connectivity index (χ4v) is 9.98. The van der Waals surface area contributed by atoms with Crippen molar-refractivity contribution in [1.82, 2.24) is 10.2 Å². The topological polar surface area (TPSA) is 99.1 Å². The number of ether oxygens (including phenoxy) is 1. The van der Waals surface area contributed by atoms with E-state index in [1.807, 2.05) is 35.2 Å². The molecule has 0 radical (unpaired) electrons. The molecule has 3 unspecified atom stereocenters. The highest BCUT2D eigenvalue weighted by Crippen LogP contribution is 2.61. The van der Waals surface area contributed by atoms with E-state index >= 15 is 0 Å². The number of fused-ring (bicyclic) bond motifs is 7. The molecule has 5 saturated carbocycles. The predicted molar refractivity (Wildman–Crippen MR) is 155 cm³/mol. The lowest BCUT2D eigenvalue weighted by Crippen LogP contribution is -2.60. The molecule has 222 valence electrons. The maximum absolute atomic E-state index is 14.3. The molecule has 7 nitrogen and oxygen atoms in total. The van der Waals surface area contributed by atoms with Crippen molar-refractivity contribution in [3.8, 4) is 5.75 Å². The highest BCUT2D eigenvalue weighted by atomic mass is 16.5. The van der Waals surface area contributed by atoms with Gasteiger partial charge in [0.15, 0.2) is 0 Å². The fourth-order valence-electron chi connectivity index (χ4n) is 9.98.